The van der Waals surface area contributed by atoms with Crippen LogP contribution in [0.15, 0.2) is 24.3 Å². The Kier molecular flexibility index (Phi) is 6.70. The fraction of sp³-hybridized carbons (Fsp3) is 0.591. The molecule has 0 unspecified atom stereocenters. The lowest BCUT2D eigenvalue weighted by Crippen LogP contribution is -2.54. The zero-order valence-corrected chi connectivity index (χ0v) is 16.9. The third kappa shape index (κ3) is 5.12. The van der Waals surface area contributed by atoms with E-state index in [0.29, 0.717) is 25.2 Å². The summed E-state index contributed by atoms with van der Waals surface area (Å²) < 4.78 is 0. The molecule has 152 valence electrons. The average Bonchev–Trinajstić information content (AvgIpc) is 3.55. The van der Waals surface area contributed by atoms with E-state index in [4.69, 9.17) is 0 Å². The number of hydrogen-bond donors (Lipinski definition) is 2. The lowest BCUT2D eigenvalue weighted by Gasteiger charge is -2.36. The van der Waals surface area contributed by atoms with Gasteiger partial charge in [0.05, 0.1) is 0 Å². The lowest BCUT2D eigenvalue weighted by molar-refractivity contribution is -0.134. The Morgan fingerprint density at radius 3 is 2.29 bits per heavy atom. The van der Waals surface area contributed by atoms with Crippen molar-refractivity contribution >= 4 is 17.7 Å². The molecular weight excluding hydrogens is 354 g/mol. The largest absolute Gasteiger partial charge is 0.354 e. The molecule has 2 aliphatic rings. The second-order valence-electron chi connectivity index (χ2n) is 8.05. The molecule has 6 nitrogen and oxygen atoms in total. The number of rotatable bonds is 7. The van der Waals surface area contributed by atoms with Crippen LogP contribution in [0.25, 0.3) is 0 Å². The zero-order chi connectivity index (χ0) is 20.1. The summed E-state index contributed by atoms with van der Waals surface area (Å²) in [7, 11) is 0. The monoisotopic (exact) mass is 385 g/mol. The third-order valence-corrected chi connectivity index (χ3v) is 5.68. The highest BCUT2D eigenvalue weighted by atomic mass is 16.2. The lowest BCUT2D eigenvalue weighted by atomic mass is 9.88. The number of hydrogen-bond acceptors (Lipinski definition) is 3. The minimum atomic E-state index is -0.571. The van der Waals surface area contributed by atoms with Crippen molar-refractivity contribution in [3.8, 4) is 0 Å². The minimum absolute atomic E-state index is 0.0366. The highest BCUT2D eigenvalue weighted by Crippen LogP contribution is 2.33. The molecule has 6 heteroatoms. The van der Waals surface area contributed by atoms with E-state index in [2.05, 4.69) is 10.6 Å². The molecule has 2 fully saturated rings. The van der Waals surface area contributed by atoms with Crippen LogP contribution in [0.2, 0.25) is 0 Å². The van der Waals surface area contributed by atoms with Crippen molar-refractivity contribution in [2.24, 2.45) is 11.8 Å². The summed E-state index contributed by atoms with van der Waals surface area (Å²) in [6.07, 6.45) is 4.33. The second kappa shape index (κ2) is 9.22. The maximum atomic E-state index is 12.7. The molecule has 0 radical (unpaired) electrons. The standard InChI is InChI=1S/C22H31N3O3/c1-3-12-23-21(27)19(24-20(26)17-6-4-15(2)5-7-17)16-10-13-25(14-11-16)22(28)18-8-9-18/h4-7,16,18-19H,3,8-14H2,1-2H3,(H,23,27)(H,24,26)/t19-/m0/s1. The highest BCUT2D eigenvalue weighted by molar-refractivity contribution is 5.97. The number of amides is 3. The van der Waals surface area contributed by atoms with E-state index in [0.717, 1.165) is 37.7 Å². The quantitative estimate of drug-likeness (QED) is 0.756. The van der Waals surface area contributed by atoms with Crippen LogP contribution in [0.1, 0.15) is 54.9 Å². The Balaban J connectivity index is 1.64. The predicted molar refractivity (Wildman–Crippen MR) is 108 cm³/mol. The Morgan fingerprint density at radius 2 is 1.71 bits per heavy atom. The number of benzene rings is 1. The van der Waals surface area contributed by atoms with E-state index in [1.54, 1.807) is 12.1 Å². The molecule has 1 heterocycles. The molecule has 0 aromatic heterocycles. The molecule has 1 aromatic rings. The van der Waals surface area contributed by atoms with Crippen molar-refractivity contribution in [1.82, 2.24) is 15.5 Å². The van der Waals surface area contributed by atoms with Crippen LogP contribution in [0.4, 0.5) is 0 Å². The van der Waals surface area contributed by atoms with E-state index >= 15 is 0 Å². The molecule has 1 aromatic carbocycles. The van der Waals surface area contributed by atoms with Gasteiger partial charge in [0.25, 0.3) is 5.91 Å². The fourth-order valence-corrected chi connectivity index (χ4v) is 3.73. The number of nitrogens with zero attached hydrogens (tertiary/aromatic N) is 1. The second-order valence-corrected chi connectivity index (χ2v) is 8.05. The topological polar surface area (TPSA) is 78.5 Å². The molecule has 1 aliphatic carbocycles. The SMILES string of the molecule is CCCNC(=O)[C@@H](NC(=O)c1ccc(C)cc1)C1CCN(C(=O)C2CC2)CC1. The highest BCUT2D eigenvalue weighted by Gasteiger charge is 2.38. The average molecular weight is 386 g/mol. The predicted octanol–water partition coefficient (Wildman–Crippen LogP) is 2.27. The maximum absolute atomic E-state index is 12.7. The third-order valence-electron chi connectivity index (χ3n) is 5.68. The van der Waals surface area contributed by atoms with E-state index < -0.39 is 6.04 Å². The molecule has 3 rings (SSSR count). The van der Waals surface area contributed by atoms with Crippen LogP contribution in [0.3, 0.4) is 0 Å². The van der Waals surface area contributed by atoms with Gasteiger partial charge in [-0.05, 0) is 57.1 Å². The van der Waals surface area contributed by atoms with Crippen LogP contribution < -0.4 is 10.6 Å². The number of likely N-dealkylation sites (tertiary alicyclic amines) is 1. The molecule has 0 spiro atoms. The summed E-state index contributed by atoms with van der Waals surface area (Å²) in [5.41, 5.74) is 1.64. The first kappa shape index (κ1) is 20.4. The van der Waals surface area contributed by atoms with Crippen molar-refractivity contribution in [3.63, 3.8) is 0 Å². The van der Waals surface area contributed by atoms with Crippen molar-refractivity contribution in [1.29, 1.82) is 0 Å². The van der Waals surface area contributed by atoms with Crippen molar-refractivity contribution in [2.45, 2.75) is 52.0 Å². The van der Waals surface area contributed by atoms with E-state index in [1.165, 1.54) is 0 Å². The summed E-state index contributed by atoms with van der Waals surface area (Å²) in [6.45, 7) is 5.90. The number of aryl methyl sites for hydroxylation is 1. The van der Waals surface area contributed by atoms with E-state index in [-0.39, 0.29) is 29.6 Å². The zero-order valence-electron chi connectivity index (χ0n) is 16.9. The molecule has 1 saturated heterocycles. The number of piperidine rings is 1. The summed E-state index contributed by atoms with van der Waals surface area (Å²) in [6, 6.07) is 6.77. The Labute approximate surface area is 167 Å². The van der Waals surface area contributed by atoms with Crippen molar-refractivity contribution < 1.29 is 14.4 Å². The van der Waals surface area contributed by atoms with Gasteiger partial charge in [0, 0.05) is 31.1 Å². The smallest absolute Gasteiger partial charge is 0.251 e. The molecule has 1 saturated carbocycles. The molecule has 0 bridgehead atoms. The summed E-state index contributed by atoms with van der Waals surface area (Å²) in [5, 5.41) is 5.88. The van der Waals surface area contributed by atoms with Gasteiger partial charge in [-0.1, -0.05) is 24.6 Å². The van der Waals surface area contributed by atoms with Gasteiger partial charge >= 0.3 is 0 Å². The first-order valence-electron chi connectivity index (χ1n) is 10.4. The van der Waals surface area contributed by atoms with Gasteiger partial charge in [0.1, 0.15) is 6.04 Å². The Bertz CT molecular complexity index is 704. The molecule has 3 amide bonds. The maximum Gasteiger partial charge on any atom is 0.251 e. The van der Waals surface area contributed by atoms with Crippen LogP contribution in [-0.4, -0.2) is 48.3 Å². The van der Waals surface area contributed by atoms with Crippen molar-refractivity contribution in [3.05, 3.63) is 35.4 Å². The fourth-order valence-electron chi connectivity index (χ4n) is 3.73. The van der Waals surface area contributed by atoms with Gasteiger partial charge in [-0.25, -0.2) is 0 Å². The van der Waals surface area contributed by atoms with Gasteiger partial charge < -0.3 is 15.5 Å². The molecule has 28 heavy (non-hydrogen) atoms. The van der Waals surface area contributed by atoms with E-state index in [9.17, 15) is 14.4 Å². The summed E-state index contributed by atoms with van der Waals surface area (Å²) in [5.74, 6) is 0.160. The van der Waals surface area contributed by atoms with E-state index in [1.807, 2.05) is 30.9 Å². The molecular formula is C22H31N3O3. The van der Waals surface area contributed by atoms with Gasteiger partial charge in [0.2, 0.25) is 11.8 Å². The first-order valence-corrected chi connectivity index (χ1v) is 10.4. The number of carbonyl (C=O) groups is 3. The van der Waals surface area contributed by atoms with Crippen LogP contribution in [-0.2, 0) is 9.59 Å². The van der Waals surface area contributed by atoms with Crippen LogP contribution in [0.5, 0.6) is 0 Å². The van der Waals surface area contributed by atoms with Gasteiger partial charge in [0.15, 0.2) is 0 Å². The Morgan fingerprint density at radius 1 is 1.07 bits per heavy atom. The molecule has 1 aliphatic heterocycles. The summed E-state index contributed by atoms with van der Waals surface area (Å²) >= 11 is 0. The van der Waals surface area contributed by atoms with Crippen LogP contribution >= 0.6 is 0 Å². The number of nitrogens with one attached hydrogen (secondary N) is 2. The van der Waals surface area contributed by atoms with Gasteiger partial charge in [-0.2, -0.15) is 0 Å². The number of carbonyl (C=O) groups excluding carboxylic acids is 3. The Hall–Kier alpha value is -2.37. The minimum Gasteiger partial charge on any atom is -0.354 e. The van der Waals surface area contributed by atoms with Crippen molar-refractivity contribution in [2.75, 3.05) is 19.6 Å². The first-order chi connectivity index (χ1) is 13.5. The van der Waals surface area contributed by atoms with Crippen LogP contribution in [0, 0.1) is 18.8 Å². The van der Waals surface area contributed by atoms with Gasteiger partial charge in [-0.15, -0.1) is 0 Å². The molecule has 1 atom stereocenters. The normalized spacial score (nSPS) is 18.4. The summed E-state index contributed by atoms with van der Waals surface area (Å²) in [4.78, 5) is 39.7. The van der Waals surface area contributed by atoms with Gasteiger partial charge in [-0.3, -0.25) is 14.4 Å². The molecule has 2 N–H and O–H groups in total.